The molecule has 0 atom stereocenters. The molecule has 0 bridgehead atoms. The van der Waals surface area contributed by atoms with E-state index in [0.29, 0.717) is 27.1 Å². The molecule has 1 N–H and O–H groups in total. The van der Waals surface area contributed by atoms with E-state index < -0.39 is 0 Å². The third-order valence-electron chi connectivity index (χ3n) is 2.56. The number of amides is 1. The fourth-order valence-corrected chi connectivity index (χ4v) is 2.03. The number of furan rings is 1. The molecule has 1 aromatic carbocycles. The highest BCUT2D eigenvalue weighted by Crippen LogP contribution is 2.26. The lowest BCUT2D eigenvalue weighted by Gasteiger charge is -2.07. The van der Waals surface area contributed by atoms with Gasteiger partial charge in [0.2, 0.25) is 0 Å². The average Bonchev–Trinajstić information content (AvgIpc) is 2.63. The minimum Gasteiger partial charge on any atom is -0.469 e. The van der Waals surface area contributed by atoms with Crippen molar-refractivity contribution in [2.75, 3.05) is 5.32 Å². The molecule has 0 saturated carbocycles. The van der Waals surface area contributed by atoms with Gasteiger partial charge in [-0.25, -0.2) is 0 Å². The van der Waals surface area contributed by atoms with Crippen LogP contribution in [-0.4, -0.2) is 5.91 Å². The number of halogens is 2. The molecule has 1 heterocycles. The molecule has 0 aliphatic carbocycles. The standard InChI is InChI=1S/C13H11Cl2NO2/c1-7-6-18-8(2)12(7)13(17)16-11-5-9(14)3-4-10(11)15/h3-6H,1-2H3,(H,16,17). The van der Waals surface area contributed by atoms with Crippen LogP contribution >= 0.6 is 23.2 Å². The Bertz CT molecular complexity index is 586. The van der Waals surface area contributed by atoms with Crippen molar-refractivity contribution in [2.24, 2.45) is 0 Å². The molecule has 3 nitrogen and oxygen atoms in total. The summed E-state index contributed by atoms with van der Waals surface area (Å²) in [6.45, 7) is 3.55. The summed E-state index contributed by atoms with van der Waals surface area (Å²) in [5, 5.41) is 3.67. The second-order valence-electron chi connectivity index (χ2n) is 3.93. The lowest BCUT2D eigenvalue weighted by atomic mass is 10.1. The van der Waals surface area contributed by atoms with Crippen LogP contribution in [0, 0.1) is 13.8 Å². The van der Waals surface area contributed by atoms with Gasteiger partial charge in [-0.05, 0) is 32.0 Å². The van der Waals surface area contributed by atoms with E-state index in [1.807, 2.05) is 6.92 Å². The molecular formula is C13H11Cl2NO2. The van der Waals surface area contributed by atoms with Crippen molar-refractivity contribution in [3.63, 3.8) is 0 Å². The van der Waals surface area contributed by atoms with E-state index in [1.54, 1.807) is 31.4 Å². The van der Waals surface area contributed by atoms with Crippen LogP contribution in [0.15, 0.2) is 28.9 Å². The van der Waals surface area contributed by atoms with Crippen LogP contribution in [0.25, 0.3) is 0 Å². The molecule has 2 aromatic rings. The summed E-state index contributed by atoms with van der Waals surface area (Å²) >= 11 is 11.8. The Morgan fingerprint density at radius 2 is 2.00 bits per heavy atom. The number of hydrogen-bond donors (Lipinski definition) is 1. The van der Waals surface area contributed by atoms with E-state index in [4.69, 9.17) is 27.6 Å². The molecule has 0 aliphatic heterocycles. The van der Waals surface area contributed by atoms with E-state index >= 15 is 0 Å². The van der Waals surface area contributed by atoms with Gasteiger partial charge in [-0.1, -0.05) is 23.2 Å². The number of rotatable bonds is 2. The van der Waals surface area contributed by atoms with Gasteiger partial charge in [0.25, 0.3) is 5.91 Å². The maximum absolute atomic E-state index is 12.1. The minimum absolute atomic E-state index is 0.261. The highest BCUT2D eigenvalue weighted by atomic mass is 35.5. The number of aryl methyl sites for hydroxylation is 2. The van der Waals surface area contributed by atoms with Crippen LogP contribution in [-0.2, 0) is 0 Å². The fraction of sp³-hybridized carbons (Fsp3) is 0.154. The maximum atomic E-state index is 12.1. The molecule has 94 valence electrons. The number of hydrogen-bond acceptors (Lipinski definition) is 2. The maximum Gasteiger partial charge on any atom is 0.259 e. The van der Waals surface area contributed by atoms with Crippen molar-refractivity contribution < 1.29 is 9.21 Å². The van der Waals surface area contributed by atoms with Crippen molar-refractivity contribution >= 4 is 34.8 Å². The predicted molar refractivity (Wildman–Crippen MR) is 72.6 cm³/mol. The summed E-state index contributed by atoms with van der Waals surface area (Å²) in [4.78, 5) is 12.1. The molecule has 0 saturated heterocycles. The van der Waals surface area contributed by atoms with E-state index in [1.165, 1.54) is 0 Å². The molecule has 5 heteroatoms. The summed E-state index contributed by atoms with van der Waals surface area (Å²) in [6.07, 6.45) is 1.55. The second kappa shape index (κ2) is 5.04. The average molecular weight is 284 g/mol. The molecule has 2 rings (SSSR count). The highest BCUT2D eigenvalue weighted by Gasteiger charge is 2.16. The van der Waals surface area contributed by atoms with Crippen molar-refractivity contribution in [3.8, 4) is 0 Å². The van der Waals surface area contributed by atoms with Gasteiger partial charge in [0.05, 0.1) is 22.5 Å². The molecule has 1 aromatic heterocycles. The van der Waals surface area contributed by atoms with Crippen molar-refractivity contribution in [3.05, 3.63) is 51.4 Å². The van der Waals surface area contributed by atoms with Gasteiger partial charge >= 0.3 is 0 Å². The number of nitrogens with one attached hydrogen (secondary N) is 1. The molecule has 1 amide bonds. The largest absolute Gasteiger partial charge is 0.469 e. The monoisotopic (exact) mass is 283 g/mol. The summed E-state index contributed by atoms with van der Waals surface area (Å²) in [6, 6.07) is 4.90. The zero-order valence-corrected chi connectivity index (χ0v) is 11.4. The van der Waals surface area contributed by atoms with Crippen LogP contribution in [0.5, 0.6) is 0 Å². The number of carbonyl (C=O) groups excluding carboxylic acids is 1. The Labute approximate surface area is 115 Å². The lowest BCUT2D eigenvalue weighted by molar-refractivity contribution is 0.102. The summed E-state index contributed by atoms with van der Waals surface area (Å²) in [5.74, 6) is 0.311. The van der Waals surface area contributed by atoms with Crippen molar-refractivity contribution in [1.82, 2.24) is 0 Å². The van der Waals surface area contributed by atoms with Gasteiger partial charge < -0.3 is 9.73 Å². The van der Waals surface area contributed by atoms with Gasteiger partial charge in [0.15, 0.2) is 0 Å². The van der Waals surface area contributed by atoms with Crippen LogP contribution < -0.4 is 5.32 Å². The molecule has 0 spiro atoms. The molecule has 0 fully saturated rings. The topological polar surface area (TPSA) is 42.2 Å². The van der Waals surface area contributed by atoms with Gasteiger partial charge in [0.1, 0.15) is 5.76 Å². The first-order valence-electron chi connectivity index (χ1n) is 5.30. The van der Waals surface area contributed by atoms with Gasteiger partial charge in [0, 0.05) is 10.6 Å². The number of anilines is 1. The molecule has 18 heavy (non-hydrogen) atoms. The minimum atomic E-state index is -0.261. The third kappa shape index (κ3) is 2.52. The van der Waals surface area contributed by atoms with Gasteiger partial charge in [-0.15, -0.1) is 0 Å². The number of carbonyl (C=O) groups is 1. The predicted octanol–water partition coefficient (Wildman–Crippen LogP) is 4.46. The van der Waals surface area contributed by atoms with Gasteiger partial charge in [-0.2, -0.15) is 0 Å². The van der Waals surface area contributed by atoms with E-state index in [-0.39, 0.29) is 5.91 Å². The van der Waals surface area contributed by atoms with Crippen LogP contribution in [0.2, 0.25) is 10.0 Å². The lowest BCUT2D eigenvalue weighted by Crippen LogP contribution is -2.13. The first kappa shape index (κ1) is 13.0. The Morgan fingerprint density at radius 3 is 2.61 bits per heavy atom. The van der Waals surface area contributed by atoms with Gasteiger partial charge in [-0.3, -0.25) is 4.79 Å². The summed E-state index contributed by atoms with van der Waals surface area (Å²) in [7, 11) is 0. The quantitative estimate of drug-likeness (QED) is 0.884. The molecule has 0 radical (unpaired) electrons. The Morgan fingerprint density at radius 1 is 1.28 bits per heavy atom. The highest BCUT2D eigenvalue weighted by molar-refractivity contribution is 6.35. The molecule has 0 unspecified atom stereocenters. The normalized spacial score (nSPS) is 10.4. The Kier molecular flexibility index (Phi) is 3.64. The molecule has 0 aliphatic rings. The van der Waals surface area contributed by atoms with E-state index in [2.05, 4.69) is 5.32 Å². The number of benzene rings is 1. The zero-order chi connectivity index (χ0) is 13.3. The van der Waals surface area contributed by atoms with Crippen LogP contribution in [0.3, 0.4) is 0 Å². The zero-order valence-electron chi connectivity index (χ0n) is 9.88. The van der Waals surface area contributed by atoms with Crippen molar-refractivity contribution in [2.45, 2.75) is 13.8 Å². The summed E-state index contributed by atoms with van der Waals surface area (Å²) < 4.78 is 5.19. The summed E-state index contributed by atoms with van der Waals surface area (Å²) in [5.41, 5.74) is 1.78. The molecular weight excluding hydrogens is 273 g/mol. The van der Waals surface area contributed by atoms with E-state index in [0.717, 1.165) is 5.56 Å². The van der Waals surface area contributed by atoms with Crippen LogP contribution in [0.1, 0.15) is 21.7 Å². The first-order chi connectivity index (χ1) is 8.49. The Hall–Kier alpha value is -1.45. The van der Waals surface area contributed by atoms with Crippen molar-refractivity contribution in [1.29, 1.82) is 0 Å². The van der Waals surface area contributed by atoms with Crippen LogP contribution in [0.4, 0.5) is 5.69 Å². The third-order valence-corrected chi connectivity index (χ3v) is 3.13. The van der Waals surface area contributed by atoms with E-state index in [9.17, 15) is 4.79 Å². The smallest absolute Gasteiger partial charge is 0.259 e. The second-order valence-corrected chi connectivity index (χ2v) is 4.77. The SMILES string of the molecule is Cc1coc(C)c1C(=O)Nc1cc(Cl)ccc1Cl. The first-order valence-corrected chi connectivity index (χ1v) is 6.05. The Balaban J connectivity index is 2.30. The fourth-order valence-electron chi connectivity index (χ4n) is 1.69.